The number of benzene rings is 1. The molecule has 1 aliphatic rings. The highest BCUT2D eigenvalue weighted by molar-refractivity contribution is 5.87. The highest BCUT2D eigenvalue weighted by atomic mass is 16.5. The lowest BCUT2D eigenvalue weighted by Crippen LogP contribution is -2.21. The van der Waals surface area contributed by atoms with E-state index in [1.54, 1.807) is 20.4 Å². The summed E-state index contributed by atoms with van der Waals surface area (Å²) in [5, 5.41) is 0.997. The van der Waals surface area contributed by atoms with E-state index >= 15 is 0 Å². The topological polar surface area (TPSA) is 60.4 Å². The average molecular weight is 350 g/mol. The van der Waals surface area contributed by atoms with E-state index in [9.17, 15) is 0 Å². The van der Waals surface area contributed by atoms with Crippen LogP contribution in [0.1, 0.15) is 23.7 Å². The average Bonchev–Trinajstić information content (AvgIpc) is 3.16. The summed E-state index contributed by atoms with van der Waals surface area (Å²) in [6.07, 6.45) is 2.81. The molecule has 134 valence electrons. The fourth-order valence-corrected chi connectivity index (χ4v) is 3.73. The Morgan fingerprint density at radius 1 is 1.08 bits per heavy atom. The molecule has 1 atom stereocenters. The van der Waals surface area contributed by atoms with Gasteiger partial charge in [0.2, 0.25) is 0 Å². The van der Waals surface area contributed by atoms with Crippen molar-refractivity contribution < 1.29 is 9.47 Å². The molecule has 2 aromatic heterocycles. The van der Waals surface area contributed by atoms with Gasteiger partial charge in [-0.05, 0) is 31.5 Å². The Bertz CT molecular complexity index is 944. The molecule has 4 rings (SSSR count). The van der Waals surface area contributed by atoms with Crippen LogP contribution in [-0.2, 0) is 0 Å². The maximum Gasteiger partial charge on any atom is 0.164 e. The molecule has 0 amide bonds. The second-order valence-corrected chi connectivity index (χ2v) is 6.48. The van der Waals surface area contributed by atoms with Gasteiger partial charge >= 0.3 is 0 Å². The van der Waals surface area contributed by atoms with E-state index in [0.29, 0.717) is 5.92 Å². The van der Waals surface area contributed by atoms with Gasteiger partial charge in [0.25, 0.3) is 0 Å². The zero-order chi connectivity index (χ0) is 18.1. The molecule has 1 aliphatic heterocycles. The SMILES string of the molecule is COc1cccc(C2CCN(c3nc(C)nc4ncccc34)C2)c1OC. The lowest BCUT2D eigenvalue weighted by atomic mass is 9.97. The minimum atomic E-state index is 0.363. The van der Waals surface area contributed by atoms with E-state index in [4.69, 9.17) is 14.5 Å². The van der Waals surface area contributed by atoms with Gasteiger partial charge in [0.05, 0.1) is 19.6 Å². The first-order valence-electron chi connectivity index (χ1n) is 8.76. The molecule has 0 bridgehead atoms. The van der Waals surface area contributed by atoms with Crippen LogP contribution in [0.5, 0.6) is 11.5 Å². The van der Waals surface area contributed by atoms with Crippen molar-refractivity contribution in [3.63, 3.8) is 0 Å². The molecule has 0 radical (unpaired) electrons. The highest BCUT2D eigenvalue weighted by Crippen LogP contribution is 2.40. The number of pyridine rings is 1. The lowest BCUT2D eigenvalue weighted by molar-refractivity contribution is 0.350. The Kier molecular flexibility index (Phi) is 4.32. The maximum absolute atomic E-state index is 5.63. The highest BCUT2D eigenvalue weighted by Gasteiger charge is 2.29. The minimum absolute atomic E-state index is 0.363. The number of aromatic nitrogens is 3. The van der Waals surface area contributed by atoms with Gasteiger partial charge in [-0.1, -0.05) is 12.1 Å². The summed E-state index contributed by atoms with van der Waals surface area (Å²) in [7, 11) is 3.37. The first kappa shape index (κ1) is 16.6. The molecule has 1 saturated heterocycles. The van der Waals surface area contributed by atoms with E-state index in [0.717, 1.165) is 53.7 Å². The van der Waals surface area contributed by atoms with Crippen LogP contribution in [0.2, 0.25) is 0 Å². The number of hydrogen-bond acceptors (Lipinski definition) is 6. The summed E-state index contributed by atoms with van der Waals surface area (Å²) in [5.41, 5.74) is 1.93. The number of anilines is 1. The molecule has 0 aliphatic carbocycles. The quantitative estimate of drug-likeness (QED) is 0.719. The van der Waals surface area contributed by atoms with E-state index in [1.165, 1.54) is 5.56 Å². The van der Waals surface area contributed by atoms with E-state index < -0.39 is 0 Å². The normalized spacial score (nSPS) is 16.9. The molecule has 0 spiro atoms. The Morgan fingerprint density at radius 3 is 2.77 bits per heavy atom. The van der Waals surface area contributed by atoms with Crippen LogP contribution in [0.25, 0.3) is 11.0 Å². The van der Waals surface area contributed by atoms with Crippen molar-refractivity contribution in [1.82, 2.24) is 15.0 Å². The third-order valence-corrected chi connectivity index (χ3v) is 4.92. The van der Waals surface area contributed by atoms with Crippen LogP contribution < -0.4 is 14.4 Å². The van der Waals surface area contributed by atoms with Crippen molar-refractivity contribution in [2.24, 2.45) is 0 Å². The molecule has 26 heavy (non-hydrogen) atoms. The number of fused-ring (bicyclic) bond motifs is 1. The number of aryl methyl sites for hydroxylation is 1. The Morgan fingerprint density at radius 2 is 1.96 bits per heavy atom. The number of methoxy groups -OCH3 is 2. The first-order valence-corrected chi connectivity index (χ1v) is 8.76. The molecule has 0 N–H and O–H groups in total. The third-order valence-electron chi connectivity index (χ3n) is 4.92. The van der Waals surface area contributed by atoms with Gasteiger partial charge in [-0.15, -0.1) is 0 Å². The van der Waals surface area contributed by atoms with Crippen molar-refractivity contribution >= 4 is 16.9 Å². The third kappa shape index (κ3) is 2.81. The van der Waals surface area contributed by atoms with Crippen LogP contribution in [0.4, 0.5) is 5.82 Å². The molecule has 3 heterocycles. The van der Waals surface area contributed by atoms with Crippen LogP contribution in [0, 0.1) is 6.92 Å². The summed E-state index contributed by atoms with van der Waals surface area (Å²) in [6.45, 7) is 3.73. The summed E-state index contributed by atoms with van der Waals surface area (Å²) >= 11 is 0. The zero-order valence-electron chi connectivity index (χ0n) is 15.3. The predicted molar refractivity (Wildman–Crippen MR) is 101 cm³/mol. The number of ether oxygens (including phenoxy) is 2. The first-order chi connectivity index (χ1) is 12.7. The molecule has 1 unspecified atom stereocenters. The summed E-state index contributed by atoms with van der Waals surface area (Å²) in [5.74, 6) is 3.67. The van der Waals surface area contributed by atoms with Gasteiger partial charge < -0.3 is 14.4 Å². The number of nitrogens with zero attached hydrogens (tertiary/aromatic N) is 4. The van der Waals surface area contributed by atoms with Gasteiger partial charge in [-0.25, -0.2) is 15.0 Å². The molecule has 3 aromatic rings. The smallest absolute Gasteiger partial charge is 0.164 e. The summed E-state index contributed by atoms with van der Waals surface area (Å²) in [4.78, 5) is 15.9. The van der Waals surface area contributed by atoms with Crippen LogP contribution in [0.3, 0.4) is 0 Å². The summed E-state index contributed by atoms with van der Waals surface area (Å²) in [6, 6.07) is 10.1. The molecular weight excluding hydrogens is 328 g/mol. The van der Waals surface area contributed by atoms with Crippen LogP contribution in [0.15, 0.2) is 36.5 Å². The van der Waals surface area contributed by atoms with Gasteiger partial charge in [-0.2, -0.15) is 0 Å². The number of para-hydroxylation sites is 1. The van der Waals surface area contributed by atoms with Crippen molar-refractivity contribution in [3.05, 3.63) is 47.9 Å². The second-order valence-electron chi connectivity index (χ2n) is 6.48. The van der Waals surface area contributed by atoms with E-state index in [1.807, 2.05) is 31.2 Å². The van der Waals surface area contributed by atoms with Crippen molar-refractivity contribution in [3.8, 4) is 11.5 Å². The molecule has 0 saturated carbocycles. The van der Waals surface area contributed by atoms with Crippen molar-refractivity contribution in [2.75, 3.05) is 32.2 Å². The van der Waals surface area contributed by atoms with E-state index in [2.05, 4.69) is 20.9 Å². The van der Waals surface area contributed by atoms with Crippen molar-refractivity contribution in [2.45, 2.75) is 19.3 Å². The fraction of sp³-hybridized carbons (Fsp3) is 0.350. The Balaban J connectivity index is 1.68. The van der Waals surface area contributed by atoms with Crippen LogP contribution in [-0.4, -0.2) is 42.3 Å². The monoisotopic (exact) mass is 350 g/mol. The van der Waals surface area contributed by atoms with Crippen molar-refractivity contribution in [1.29, 1.82) is 0 Å². The van der Waals surface area contributed by atoms with Gasteiger partial charge in [0.15, 0.2) is 17.1 Å². The molecule has 1 aromatic carbocycles. The van der Waals surface area contributed by atoms with E-state index in [-0.39, 0.29) is 0 Å². The standard InChI is InChI=1S/C20H22N4O2/c1-13-22-19-16(7-5-10-21-19)20(23-13)24-11-9-14(12-24)15-6-4-8-17(25-2)18(15)26-3/h4-8,10,14H,9,11-12H2,1-3H3. The number of hydrogen-bond donors (Lipinski definition) is 0. The Hall–Kier alpha value is -2.89. The van der Waals surface area contributed by atoms with Crippen LogP contribution >= 0.6 is 0 Å². The maximum atomic E-state index is 5.63. The number of rotatable bonds is 4. The van der Waals surface area contributed by atoms with Gasteiger partial charge in [0, 0.05) is 30.8 Å². The minimum Gasteiger partial charge on any atom is -0.493 e. The molecule has 6 nitrogen and oxygen atoms in total. The largest absolute Gasteiger partial charge is 0.493 e. The predicted octanol–water partition coefficient (Wildman–Crippen LogP) is 3.34. The second kappa shape index (κ2) is 6.78. The zero-order valence-corrected chi connectivity index (χ0v) is 15.3. The van der Waals surface area contributed by atoms with Gasteiger partial charge in [-0.3, -0.25) is 0 Å². The molecular formula is C20H22N4O2. The Labute approximate surface area is 152 Å². The fourth-order valence-electron chi connectivity index (χ4n) is 3.73. The molecule has 6 heteroatoms. The summed E-state index contributed by atoms with van der Waals surface area (Å²) < 4.78 is 11.1. The lowest BCUT2D eigenvalue weighted by Gasteiger charge is -2.21. The van der Waals surface area contributed by atoms with Gasteiger partial charge in [0.1, 0.15) is 11.6 Å². The molecule has 1 fully saturated rings.